The molecule has 0 atom stereocenters. The fourth-order valence-electron chi connectivity index (χ4n) is 0.795. The number of nitrogens with two attached hydrogens (primary N) is 1. The van der Waals surface area contributed by atoms with Crippen LogP contribution in [-0.2, 0) is 9.36 Å². The monoisotopic (exact) mass is 334 g/mol. The normalized spacial score (nSPS) is 11.2. The average molecular weight is 335 g/mol. The maximum Gasteiger partial charge on any atom is 0.466 e. The number of hydrogen-bond acceptors (Lipinski definition) is 3. The number of imide groups is 1. The third-order valence-electron chi connectivity index (χ3n) is 1.76. The number of halogens is 1. The SMILES string of the molecule is CCC(Br)(CC)C(=O)NC(N)=O.O=P(O)(O)O. The van der Waals surface area contributed by atoms with E-state index in [9.17, 15) is 9.59 Å². The van der Waals surface area contributed by atoms with Crippen LogP contribution in [0.4, 0.5) is 4.79 Å². The Kier molecular flexibility index (Phi) is 8.64. The molecule has 0 rings (SSSR count). The van der Waals surface area contributed by atoms with E-state index < -0.39 is 18.2 Å². The second kappa shape index (κ2) is 7.78. The molecule has 0 heterocycles. The Bertz CT molecular complexity index is 305. The third-order valence-corrected chi connectivity index (χ3v) is 3.25. The summed E-state index contributed by atoms with van der Waals surface area (Å²) in [6, 6.07) is -0.814. The van der Waals surface area contributed by atoms with Crippen molar-refractivity contribution in [1.82, 2.24) is 5.32 Å². The Morgan fingerprint density at radius 3 is 1.76 bits per heavy atom. The predicted molar refractivity (Wildman–Crippen MR) is 64.2 cm³/mol. The second-order valence-electron chi connectivity index (χ2n) is 3.00. The Morgan fingerprint density at radius 1 is 1.29 bits per heavy atom. The van der Waals surface area contributed by atoms with Gasteiger partial charge in [-0.3, -0.25) is 10.1 Å². The highest BCUT2D eigenvalue weighted by Gasteiger charge is 2.32. The smallest absolute Gasteiger partial charge is 0.351 e. The summed E-state index contributed by atoms with van der Waals surface area (Å²) in [6.45, 7) is 3.72. The predicted octanol–water partition coefficient (Wildman–Crippen LogP) is 0.206. The number of amides is 3. The molecule has 0 saturated heterocycles. The summed E-state index contributed by atoms with van der Waals surface area (Å²) < 4.78 is 8.22. The highest BCUT2D eigenvalue weighted by Crippen LogP contribution is 2.26. The molecule has 0 aliphatic heterocycles. The maximum atomic E-state index is 11.3. The van der Waals surface area contributed by atoms with Gasteiger partial charge in [-0.25, -0.2) is 9.36 Å². The van der Waals surface area contributed by atoms with E-state index >= 15 is 0 Å². The van der Waals surface area contributed by atoms with E-state index in [0.717, 1.165) is 0 Å². The Hall–Kier alpha value is -0.470. The van der Waals surface area contributed by atoms with Gasteiger partial charge in [0.05, 0.1) is 0 Å². The number of alkyl halides is 1. The van der Waals surface area contributed by atoms with Crippen molar-refractivity contribution >= 4 is 35.7 Å². The van der Waals surface area contributed by atoms with E-state index in [0.29, 0.717) is 12.8 Å². The van der Waals surface area contributed by atoms with Gasteiger partial charge in [0, 0.05) is 0 Å². The molecule has 0 radical (unpaired) electrons. The van der Waals surface area contributed by atoms with Crippen molar-refractivity contribution in [1.29, 1.82) is 0 Å². The third kappa shape index (κ3) is 11.8. The van der Waals surface area contributed by atoms with Crippen molar-refractivity contribution in [2.75, 3.05) is 0 Å². The van der Waals surface area contributed by atoms with Crippen LogP contribution in [0.5, 0.6) is 0 Å². The van der Waals surface area contributed by atoms with Crippen molar-refractivity contribution in [2.24, 2.45) is 5.73 Å². The van der Waals surface area contributed by atoms with Gasteiger partial charge in [-0.2, -0.15) is 0 Å². The van der Waals surface area contributed by atoms with E-state index in [1.807, 2.05) is 19.2 Å². The minimum atomic E-state index is -4.64. The first kappa shape index (κ1) is 18.9. The van der Waals surface area contributed by atoms with Crippen LogP contribution in [0.25, 0.3) is 0 Å². The second-order valence-corrected chi connectivity index (χ2v) is 5.55. The zero-order valence-corrected chi connectivity index (χ0v) is 11.9. The molecule has 0 aromatic carbocycles. The van der Waals surface area contributed by atoms with Gasteiger partial charge in [-0.1, -0.05) is 29.8 Å². The quantitative estimate of drug-likeness (QED) is 0.367. The van der Waals surface area contributed by atoms with E-state index in [-0.39, 0.29) is 5.91 Å². The molecular formula is C7H16BrN2O6P. The van der Waals surface area contributed by atoms with Gasteiger partial charge in [-0.05, 0) is 12.8 Å². The highest BCUT2D eigenvalue weighted by molar-refractivity contribution is 9.10. The lowest BCUT2D eigenvalue weighted by Gasteiger charge is -2.21. The van der Waals surface area contributed by atoms with Crippen molar-refractivity contribution in [3.63, 3.8) is 0 Å². The summed E-state index contributed by atoms with van der Waals surface area (Å²) in [7, 11) is -4.64. The molecule has 17 heavy (non-hydrogen) atoms. The molecular weight excluding hydrogens is 319 g/mol. The van der Waals surface area contributed by atoms with Gasteiger partial charge in [0.25, 0.3) is 0 Å². The Balaban J connectivity index is 0. The topological polar surface area (TPSA) is 150 Å². The summed E-state index contributed by atoms with van der Waals surface area (Å²) in [6.07, 6.45) is 1.23. The average Bonchev–Trinajstić information content (AvgIpc) is 2.12. The summed E-state index contributed by atoms with van der Waals surface area (Å²) in [5.41, 5.74) is 4.81. The van der Waals surface area contributed by atoms with Gasteiger partial charge >= 0.3 is 13.9 Å². The standard InChI is InChI=1S/C7H13BrN2O2.H3O4P/c1-3-7(8,4-2)5(11)10-6(9)12;1-5(2,3)4/h3-4H2,1-2H3,(H3,9,10,11,12);(H3,1,2,3,4). The molecule has 0 aliphatic rings. The first-order valence-corrected chi connectivity index (χ1v) is 6.90. The van der Waals surface area contributed by atoms with E-state index in [1.54, 1.807) is 0 Å². The molecule has 0 spiro atoms. The van der Waals surface area contributed by atoms with Crippen LogP contribution in [0.1, 0.15) is 26.7 Å². The fourth-order valence-corrected chi connectivity index (χ4v) is 0.894. The van der Waals surface area contributed by atoms with Crippen LogP contribution in [0, 0.1) is 0 Å². The molecule has 0 bridgehead atoms. The lowest BCUT2D eigenvalue weighted by Crippen LogP contribution is -2.46. The number of carbonyl (C=O) groups is 2. The summed E-state index contributed by atoms with van der Waals surface area (Å²) in [5, 5.41) is 2.04. The molecule has 0 aromatic rings. The van der Waals surface area contributed by atoms with Crippen molar-refractivity contribution in [3.8, 4) is 0 Å². The Labute approximate surface area is 107 Å². The lowest BCUT2D eigenvalue weighted by atomic mass is 10.0. The van der Waals surface area contributed by atoms with Gasteiger partial charge in [-0.15, -0.1) is 0 Å². The zero-order valence-electron chi connectivity index (χ0n) is 9.38. The largest absolute Gasteiger partial charge is 0.466 e. The van der Waals surface area contributed by atoms with E-state index in [2.05, 4.69) is 15.9 Å². The number of carbonyl (C=O) groups excluding carboxylic acids is 2. The molecule has 0 aromatic heterocycles. The number of urea groups is 1. The summed E-state index contributed by atoms with van der Waals surface area (Å²) in [4.78, 5) is 43.2. The molecule has 8 nitrogen and oxygen atoms in total. The van der Waals surface area contributed by atoms with Gasteiger partial charge in [0.1, 0.15) is 4.32 Å². The number of hydrogen-bond donors (Lipinski definition) is 5. The molecule has 0 saturated carbocycles. The van der Waals surface area contributed by atoms with Crippen molar-refractivity contribution < 1.29 is 28.8 Å². The van der Waals surface area contributed by atoms with Gasteiger partial charge in [0.2, 0.25) is 5.91 Å². The molecule has 6 N–H and O–H groups in total. The van der Waals surface area contributed by atoms with Crippen LogP contribution < -0.4 is 11.1 Å². The lowest BCUT2D eigenvalue weighted by molar-refractivity contribution is -0.122. The fraction of sp³-hybridized carbons (Fsp3) is 0.714. The molecule has 10 heteroatoms. The number of phosphoric acid groups is 1. The first-order chi connectivity index (χ1) is 7.46. The zero-order chi connectivity index (χ0) is 14.3. The van der Waals surface area contributed by atoms with Crippen LogP contribution in [0.15, 0.2) is 0 Å². The van der Waals surface area contributed by atoms with Crippen molar-refractivity contribution in [3.05, 3.63) is 0 Å². The van der Waals surface area contributed by atoms with Crippen molar-refractivity contribution in [2.45, 2.75) is 31.0 Å². The summed E-state index contributed by atoms with van der Waals surface area (Å²) in [5.74, 6) is -0.375. The van der Waals surface area contributed by atoms with Crippen LogP contribution in [0.3, 0.4) is 0 Å². The Morgan fingerprint density at radius 2 is 1.59 bits per heavy atom. The summed E-state index contributed by atoms with van der Waals surface area (Å²) >= 11 is 3.26. The van der Waals surface area contributed by atoms with Gasteiger partial charge < -0.3 is 20.4 Å². The first-order valence-electron chi connectivity index (χ1n) is 4.54. The maximum absolute atomic E-state index is 11.3. The van der Waals surface area contributed by atoms with Crippen LogP contribution in [-0.4, -0.2) is 30.9 Å². The molecule has 3 amide bonds. The number of primary amides is 1. The van der Waals surface area contributed by atoms with Crippen LogP contribution in [0.2, 0.25) is 0 Å². The number of rotatable bonds is 3. The molecule has 102 valence electrons. The molecule has 0 aliphatic carbocycles. The van der Waals surface area contributed by atoms with E-state index in [1.165, 1.54) is 0 Å². The molecule has 0 unspecified atom stereocenters. The van der Waals surface area contributed by atoms with Gasteiger partial charge in [0.15, 0.2) is 0 Å². The van der Waals surface area contributed by atoms with E-state index in [4.69, 9.17) is 25.0 Å². The minimum Gasteiger partial charge on any atom is -0.351 e. The number of nitrogens with one attached hydrogen (secondary N) is 1. The molecule has 0 fully saturated rings. The van der Waals surface area contributed by atoms with Crippen LogP contribution >= 0.6 is 23.8 Å². The highest BCUT2D eigenvalue weighted by atomic mass is 79.9. The minimum absolute atomic E-state index is 0.375.